The third-order valence-corrected chi connectivity index (χ3v) is 5.31. The van der Waals surface area contributed by atoms with Crippen LogP contribution in [0.1, 0.15) is 41.3 Å². The van der Waals surface area contributed by atoms with Crippen LogP contribution in [0.5, 0.6) is 5.75 Å². The number of rotatable bonds is 6. The number of hydrogen-bond donors (Lipinski definition) is 2. The van der Waals surface area contributed by atoms with Gasteiger partial charge in [-0.2, -0.15) is 0 Å². The van der Waals surface area contributed by atoms with Crippen LogP contribution in [0.2, 0.25) is 0 Å². The second kappa shape index (κ2) is 7.48. The highest BCUT2D eigenvalue weighted by Crippen LogP contribution is 2.36. The van der Waals surface area contributed by atoms with E-state index in [-0.39, 0.29) is 6.04 Å². The van der Waals surface area contributed by atoms with E-state index in [1.807, 2.05) is 43.3 Å². The van der Waals surface area contributed by atoms with E-state index in [1.165, 1.54) is 0 Å². The van der Waals surface area contributed by atoms with Gasteiger partial charge in [-0.05, 0) is 61.7 Å². The number of benzene rings is 2. The maximum absolute atomic E-state index is 11.3. The normalized spacial score (nSPS) is 19.9. The lowest BCUT2D eigenvalue weighted by atomic mass is 9.86. The van der Waals surface area contributed by atoms with Crippen molar-refractivity contribution >= 4 is 5.91 Å². The van der Waals surface area contributed by atoms with Gasteiger partial charge in [0.2, 0.25) is 5.91 Å². The molecule has 2 aromatic rings. The Morgan fingerprint density at radius 2 is 1.88 bits per heavy atom. The molecular formula is C21H26N2O3. The topological polar surface area (TPSA) is 75.8 Å². The predicted molar refractivity (Wildman–Crippen MR) is 101 cm³/mol. The molecule has 1 saturated heterocycles. The molecule has 1 aliphatic heterocycles. The summed E-state index contributed by atoms with van der Waals surface area (Å²) in [6, 6.07) is 15.0. The standard InChI is InChI=1S/C21H26N2O3/c1-21(25,17-9-11-18(26-2)12-10-17)19-4-3-13-23(19)14-15-5-7-16(8-6-15)20(22)24/h5-12,19,25H,3-4,13-14H2,1-2H3,(H2,22,24)/t19-,21+/m1/s1. The number of carbonyl (C=O) groups is 1. The fourth-order valence-corrected chi connectivity index (χ4v) is 3.78. The van der Waals surface area contributed by atoms with Crippen molar-refractivity contribution in [2.45, 2.75) is 38.0 Å². The maximum Gasteiger partial charge on any atom is 0.248 e. The number of ether oxygens (including phenoxy) is 1. The molecule has 3 rings (SSSR count). The number of nitrogens with two attached hydrogens (primary N) is 1. The van der Waals surface area contributed by atoms with E-state index in [0.717, 1.165) is 42.8 Å². The first-order valence-electron chi connectivity index (χ1n) is 8.91. The van der Waals surface area contributed by atoms with Gasteiger partial charge in [0.15, 0.2) is 0 Å². The highest BCUT2D eigenvalue weighted by Gasteiger charge is 2.40. The minimum atomic E-state index is -0.948. The first kappa shape index (κ1) is 18.4. The van der Waals surface area contributed by atoms with Crippen LogP contribution >= 0.6 is 0 Å². The summed E-state index contributed by atoms with van der Waals surface area (Å²) in [6.45, 7) is 3.55. The predicted octanol–water partition coefficient (Wildman–Crippen LogP) is 2.67. The zero-order chi connectivity index (χ0) is 18.7. The number of amides is 1. The zero-order valence-electron chi connectivity index (χ0n) is 15.3. The maximum atomic E-state index is 11.3. The van der Waals surface area contributed by atoms with Crippen LogP contribution < -0.4 is 10.5 Å². The Kier molecular flexibility index (Phi) is 5.30. The Morgan fingerprint density at radius 1 is 1.23 bits per heavy atom. The molecule has 0 unspecified atom stereocenters. The number of aliphatic hydroxyl groups is 1. The molecular weight excluding hydrogens is 328 g/mol. The molecule has 0 aromatic heterocycles. The largest absolute Gasteiger partial charge is 0.497 e. The van der Waals surface area contributed by atoms with Crippen molar-refractivity contribution in [3.05, 3.63) is 65.2 Å². The van der Waals surface area contributed by atoms with Crippen molar-refractivity contribution in [1.82, 2.24) is 4.90 Å². The molecule has 0 bridgehead atoms. The summed E-state index contributed by atoms with van der Waals surface area (Å²) in [5, 5.41) is 11.3. The van der Waals surface area contributed by atoms with Crippen LogP contribution in [0.15, 0.2) is 48.5 Å². The Hall–Kier alpha value is -2.37. The molecule has 0 radical (unpaired) electrons. The highest BCUT2D eigenvalue weighted by molar-refractivity contribution is 5.92. The fraction of sp³-hybridized carbons (Fsp3) is 0.381. The molecule has 0 saturated carbocycles. The van der Waals surface area contributed by atoms with Gasteiger partial charge in [0.25, 0.3) is 0 Å². The summed E-state index contributed by atoms with van der Waals surface area (Å²) in [5.74, 6) is 0.361. The third-order valence-electron chi connectivity index (χ3n) is 5.31. The molecule has 1 heterocycles. The summed E-state index contributed by atoms with van der Waals surface area (Å²) < 4.78 is 5.21. The Bertz CT molecular complexity index is 754. The fourth-order valence-electron chi connectivity index (χ4n) is 3.78. The average Bonchev–Trinajstić information content (AvgIpc) is 3.11. The Balaban J connectivity index is 1.76. The van der Waals surface area contributed by atoms with Gasteiger partial charge in [-0.1, -0.05) is 24.3 Å². The molecule has 0 spiro atoms. The first-order chi connectivity index (χ1) is 12.4. The lowest BCUT2D eigenvalue weighted by Gasteiger charge is -2.37. The van der Waals surface area contributed by atoms with Crippen molar-refractivity contribution in [3.63, 3.8) is 0 Å². The number of methoxy groups -OCH3 is 1. The van der Waals surface area contributed by atoms with E-state index in [9.17, 15) is 9.90 Å². The van der Waals surface area contributed by atoms with E-state index in [1.54, 1.807) is 19.2 Å². The van der Waals surface area contributed by atoms with Gasteiger partial charge in [-0.15, -0.1) is 0 Å². The molecule has 1 fully saturated rings. The molecule has 2 aromatic carbocycles. The summed E-state index contributed by atoms with van der Waals surface area (Å²) in [4.78, 5) is 13.5. The van der Waals surface area contributed by atoms with Crippen LogP contribution in [0, 0.1) is 0 Å². The minimum Gasteiger partial charge on any atom is -0.497 e. The number of nitrogens with zero attached hydrogens (tertiary/aromatic N) is 1. The number of primary amides is 1. The second-order valence-corrected chi connectivity index (χ2v) is 7.07. The smallest absolute Gasteiger partial charge is 0.248 e. The molecule has 26 heavy (non-hydrogen) atoms. The van der Waals surface area contributed by atoms with Crippen molar-refractivity contribution in [2.75, 3.05) is 13.7 Å². The van der Waals surface area contributed by atoms with Crippen LogP contribution in [0.4, 0.5) is 0 Å². The number of likely N-dealkylation sites (tertiary alicyclic amines) is 1. The summed E-state index contributed by atoms with van der Waals surface area (Å²) in [5.41, 5.74) is 6.86. The molecule has 138 valence electrons. The van der Waals surface area contributed by atoms with Crippen LogP contribution in [-0.4, -0.2) is 35.6 Å². The highest BCUT2D eigenvalue weighted by atomic mass is 16.5. The molecule has 5 heteroatoms. The monoisotopic (exact) mass is 354 g/mol. The van der Waals surface area contributed by atoms with Gasteiger partial charge in [0.05, 0.1) is 7.11 Å². The Morgan fingerprint density at radius 3 is 2.46 bits per heavy atom. The molecule has 2 atom stereocenters. The number of carbonyl (C=O) groups excluding carboxylic acids is 1. The Labute approximate surface area is 154 Å². The molecule has 3 N–H and O–H groups in total. The van der Waals surface area contributed by atoms with E-state index in [4.69, 9.17) is 10.5 Å². The van der Waals surface area contributed by atoms with Crippen molar-refractivity contribution in [2.24, 2.45) is 5.73 Å². The van der Waals surface area contributed by atoms with Crippen LogP contribution in [0.3, 0.4) is 0 Å². The SMILES string of the molecule is COc1ccc([C@](C)(O)[C@H]2CCCN2Cc2ccc(C(N)=O)cc2)cc1. The van der Waals surface area contributed by atoms with Gasteiger partial charge in [-0.25, -0.2) is 0 Å². The lowest BCUT2D eigenvalue weighted by molar-refractivity contribution is -0.0254. The van der Waals surface area contributed by atoms with Gasteiger partial charge < -0.3 is 15.6 Å². The summed E-state index contributed by atoms with van der Waals surface area (Å²) >= 11 is 0. The lowest BCUT2D eigenvalue weighted by Crippen LogP contribution is -2.45. The van der Waals surface area contributed by atoms with Crippen LogP contribution in [0.25, 0.3) is 0 Å². The summed E-state index contributed by atoms with van der Waals surface area (Å²) in [6.07, 6.45) is 1.99. The van der Waals surface area contributed by atoms with E-state index in [2.05, 4.69) is 4.90 Å². The quantitative estimate of drug-likeness (QED) is 0.836. The van der Waals surface area contributed by atoms with Crippen molar-refractivity contribution < 1.29 is 14.6 Å². The van der Waals surface area contributed by atoms with E-state index in [0.29, 0.717) is 5.56 Å². The minimum absolute atomic E-state index is 0.0340. The van der Waals surface area contributed by atoms with Gasteiger partial charge >= 0.3 is 0 Å². The zero-order valence-corrected chi connectivity index (χ0v) is 15.3. The van der Waals surface area contributed by atoms with Crippen LogP contribution in [-0.2, 0) is 12.1 Å². The molecule has 0 aliphatic carbocycles. The first-order valence-corrected chi connectivity index (χ1v) is 8.91. The molecule has 1 aliphatic rings. The molecule has 1 amide bonds. The van der Waals surface area contributed by atoms with E-state index < -0.39 is 11.5 Å². The van der Waals surface area contributed by atoms with Gasteiger partial charge in [0, 0.05) is 18.2 Å². The van der Waals surface area contributed by atoms with E-state index >= 15 is 0 Å². The second-order valence-electron chi connectivity index (χ2n) is 7.07. The van der Waals surface area contributed by atoms with Gasteiger partial charge in [-0.3, -0.25) is 9.69 Å². The third kappa shape index (κ3) is 3.74. The summed E-state index contributed by atoms with van der Waals surface area (Å²) in [7, 11) is 1.63. The molecule has 5 nitrogen and oxygen atoms in total. The van der Waals surface area contributed by atoms with Crippen molar-refractivity contribution in [1.29, 1.82) is 0 Å². The number of hydrogen-bond acceptors (Lipinski definition) is 4. The van der Waals surface area contributed by atoms with Crippen molar-refractivity contribution in [3.8, 4) is 5.75 Å². The average molecular weight is 354 g/mol. The van der Waals surface area contributed by atoms with Gasteiger partial charge in [0.1, 0.15) is 11.4 Å².